The summed E-state index contributed by atoms with van der Waals surface area (Å²) in [5.74, 6) is -3.15. The Morgan fingerprint density at radius 1 is 1.03 bits per heavy atom. The van der Waals surface area contributed by atoms with Gasteiger partial charge in [-0.1, -0.05) is 17.8 Å². The highest BCUT2D eigenvalue weighted by molar-refractivity contribution is 8.14. The van der Waals surface area contributed by atoms with Gasteiger partial charge in [0.1, 0.15) is 18.4 Å². The fraction of sp³-hybridized carbons (Fsp3) is 0.478. The zero-order valence-electron chi connectivity index (χ0n) is 20.7. The lowest BCUT2D eigenvalue weighted by Crippen LogP contribution is -2.61. The molecule has 0 radical (unpaired) electrons. The van der Waals surface area contributed by atoms with Crippen molar-refractivity contribution in [2.75, 3.05) is 13.7 Å². The average Bonchev–Trinajstić information content (AvgIpc) is 3.40. The van der Waals surface area contributed by atoms with E-state index in [1.807, 2.05) is 17.5 Å². The van der Waals surface area contributed by atoms with Crippen LogP contribution in [0.5, 0.6) is 0 Å². The van der Waals surface area contributed by atoms with Crippen LogP contribution < -0.4 is 0 Å². The van der Waals surface area contributed by atoms with Crippen LogP contribution in [0.2, 0.25) is 0 Å². The summed E-state index contributed by atoms with van der Waals surface area (Å²) in [5.41, 5.74) is -0.895. The molecule has 0 aliphatic carbocycles. The molecule has 0 aromatic carbocycles. The summed E-state index contributed by atoms with van der Waals surface area (Å²) < 4.78 is 27.4. The summed E-state index contributed by atoms with van der Waals surface area (Å²) in [7, 11) is 1.52. The Morgan fingerprint density at radius 2 is 1.65 bits per heavy atom. The third kappa shape index (κ3) is 7.40. The molecule has 3 rings (SSSR count). The summed E-state index contributed by atoms with van der Waals surface area (Å²) in [6, 6.07) is 3.68. The van der Waals surface area contributed by atoms with Crippen LogP contribution >= 0.6 is 23.1 Å². The summed E-state index contributed by atoms with van der Waals surface area (Å²) >= 11 is 2.38. The van der Waals surface area contributed by atoms with E-state index in [2.05, 4.69) is 4.99 Å². The van der Waals surface area contributed by atoms with Crippen molar-refractivity contribution in [3.8, 4) is 0 Å². The minimum Gasteiger partial charge on any atom is -0.463 e. The van der Waals surface area contributed by atoms with E-state index < -0.39 is 53.7 Å². The van der Waals surface area contributed by atoms with E-state index in [1.54, 1.807) is 6.08 Å². The fourth-order valence-corrected chi connectivity index (χ4v) is 5.37. The Hall–Kier alpha value is -3.23. The van der Waals surface area contributed by atoms with Gasteiger partial charge in [-0.05, 0) is 17.5 Å². The third-order valence-electron chi connectivity index (χ3n) is 5.02. The summed E-state index contributed by atoms with van der Waals surface area (Å²) in [4.78, 5) is 66.6. The van der Waals surface area contributed by atoms with Crippen LogP contribution in [-0.2, 0) is 47.7 Å². The van der Waals surface area contributed by atoms with Crippen molar-refractivity contribution in [3.63, 3.8) is 0 Å². The van der Waals surface area contributed by atoms with Crippen molar-refractivity contribution in [2.24, 2.45) is 4.99 Å². The monoisotopic (exact) mass is 554 g/mol. The predicted molar refractivity (Wildman–Crippen MR) is 132 cm³/mol. The maximum absolute atomic E-state index is 12.8. The maximum Gasteiger partial charge on any atom is 0.303 e. The molecule has 12 nitrogen and oxygen atoms in total. The molecule has 2 aliphatic heterocycles. The van der Waals surface area contributed by atoms with Gasteiger partial charge in [0.05, 0.1) is 0 Å². The largest absolute Gasteiger partial charge is 0.463 e. The third-order valence-corrected chi connectivity index (χ3v) is 7.03. The molecule has 0 bridgehead atoms. The Kier molecular flexibility index (Phi) is 9.45. The first-order valence-electron chi connectivity index (χ1n) is 11.0. The van der Waals surface area contributed by atoms with Gasteiger partial charge >= 0.3 is 23.9 Å². The first kappa shape index (κ1) is 28.3. The standard InChI is InChI=1S/C23H26N2O10S2/c1-11(26)31-10-17-18(32-12(2)27)19(33-13(3)28)20(34-14(4)29)22(35-17)37-23-24-16(21(30)25(23)5)9-15-7-6-8-36-15/h6-9,17-20,22H,10H2,1-5H3/b16-9+/t17-,18-,19+,20-,22+/m1/s1. The number of likely N-dealkylation sites (N-methyl/N-ethyl adjacent to an activating group) is 1. The second kappa shape index (κ2) is 12.3. The number of hydrogen-bond donors (Lipinski definition) is 0. The van der Waals surface area contributed by atoms with Crippen LogP contribution in [-0.4, -0.2) is 83.4 Å². The van der Waals surface area contributed by atoms with E-state index in [0.717, 1.165) is 37.4 Å². The van der Waals surface area contributed by atoms with Gasteiger partial charge in [0.2, 0.25) is 0 Å². The minimum atomic E-state index is -1.30. The number of amides is 1. The van der Waals surface area contributed by atoms with Crippen LogP contribution in [0.25, 0.3) is 6.08 Å². The van der Waals surface area contributed by atoms with E-state index in [-0.39, 0.29) is 23.4 Å². The van der Waals surface area contributed by atoms with Gasteiger partial charge in [0, 0.05) is 39.6 Å². The van der Waals surface area contributed by atoms with Crippen molar-refractivity contribution < 1.29 is 47.7 Å². The van der Waals surface area contributed by atoms with Crippen LogP contribution in [0.4, 0.5) is 0 Å². The number of rotatable bonds is 7. The molecule has 0 unspecified atom stereocenters. The van der Waals surface area contributed by atoms with E-state index in [4.69, 9.17) is 23.7 Å². The molecule has 2 aliphatic rings. The van der Waals surface area contributed by atoms with E-state index in [0.29, 0.717) is 0 Å². The quantitative estimate of drug-likeness (QED) is 0.276. The lowest BCUT2D eigenvalue weighted by Gasteiger charge is -2.44. The Morgan fingerprint density at radius 3 is 2.22 bits per heavy atom. The second-order valence-corrected chi connectivity index (χ2v) is 10.0. The highest BCUT2D eigenvalue weighted by atomic mass is 32.2. The molecule has 1 aromatic heterocycles. The van der Waals surface area contributed by atoms with Crippen LogP contribution in [0.15, 0.2) is 28.2 Å². The molecule has 14 heteroatoms. The van der Waals surface area contributed by atoms with Gasteiger partial charge in [-0.25, -0.2) is 4.99 Å². The molecule has 37 heavy (non-hydrogen) atoms. The molecular formula is C23H26N2O10S2. The molecule has 1 aromatic rings. The predicted octanol–water partition coefficient (Wildman–Crippen LogP) is 1.73. The number of esters is 4. The number of hydrogen-bond acceptors (Lipinski definition) is 13. The fourth-order valence-electron chi connectivity index (χ4n) is 3.58. The molecule has 0 saturated carbocycles. The first-order chi connectivity index (χ1) is 17.5. The molecule has 1 saturated heterocycles. The van der Waals surface area contributed by atoms with Crippen LogP contribution in [0, 0.1) is 0 Å². The number of carbonyl (C=O) groups is 5. The van der Waals surface area contributed by atoms with Crippen molar-refractivity contribution >= 4 is 64.1 Å². The summed E-state index contributed by atoms with van der Waals surface area (Å²) in [6.45, 7) is 4.28. The zero-order valence-corrected chi connectivity index (χ0v) is 22.3. The molecule has 1 fully saturated rings. The molecule has 5 atom stereocenters. The van der Waals surface area contributed by atoms with Gasteiger partial charge in [-0.2, -0.15) is 0 Å². The zero-order chi connectivity index (χ0) is 27.3. The molecule has 0 spiro atoms. The van der Waals surface area contributed by atoms with Crippen LogP contribution in [0.3, 0.4) is 0 Å². The van der Waals surface area contributed by atoms with Crippen molar-refractivity contribution in [1.82, 2.24) is 4.90 Å². The second-order valence-electron chi connectivity index (χ2n) is 7.99. The number of thiophene rings is 1. The average molecular weight is 555 g/mol. The first-order valence-corrected chi connectivity index (χ1v) is 12.8. The molecule has 0 N–H and O–H groups in total. The number of ether oxygens (including phenoxy) is 5. The van der Waals surface area contributed by atoms with Crippen molar-refractivity contribution in [2.45, 2.75) is 57.5 Å². The highest BCUT2D eigenvalue weighted by Crippen LogP contribution is 2.37. The lowest BCUT2D eigenvalue weighted by atomic mass is 9.99. The van der Waals surface area contributed by atoms with Crippen molar-refractivity contribution in [3.05, 3.63) is 28.1 Å². The highest BCUT2D eigenvalue weighted by Gasteiger charge is 2.53. The normalized spacial score (nSPS) is 26.5. The van der Waals surface area contributed by atoms with Crippen molar-refractivity contribution in [1.29, 1.82) is 0 Å². The number of thioether (sulfide) groups is 1. The minimum absolute atomic E-state index is 0.193. The summed E-state index contributed by atoms with van der Waals surface area (Å²) in [5, 5.41) is 2.10. The van der Waals surface area contributed by atoms with Crippen LogP contribution in [0.1, 0.15) is 32.6 Å². The number of amidine groups is 1. The Balaban J connectivity index is 1.98. The van der Waals surface area contributed by atoms with Gasteiger partial charge in [-0.3, -0.25) is 28.9 Å². The van der Waals surface area contributed by atoms with E-state index in [9.17, 15) is 24.0 Å². The maximum atomic E-state index is 12.8. The molecular weight excluding hydrogens is 528 g/mol. The number of nitrogens with zero attached hydrogens (tertiary/aromatic N) is 2. The summed E-state index contributed by atoms with van der Waals surface area (Å²) in [6.07, 6.45) is -3.28. The van der Waals surface area contributed by atoms with Gasteiger partial charge in [0.25, 0.3) is 5.91 Å². The Labute approximate surface area is 220 Å². The van der Waals surface area contributed by atoms with Gasteiger partial charge in [0.15, 0.2) is 28.9 Å². The van der Waals surface area contributed by atoms with E-state index in [1.165, 1.54) is 30.2 Å². The molecule has 1 amide bonds. The number of carbonyl (C=O) groups excluding carboxylic acids is 5. The van der Waals surface area contributed by atoms with E-state index >= 15 is 0 Å². The van der Waals surface area contributed by atoms with Gasteiger partial charge < -0.3 is 23.7 Å². The smallest absolute Gasteiger partial charge is 0.303 e. The molecule has 200 valence electrons. The lowest BCUT2D eigenvalue weighted by molar-refractivity contribution is -0.237. The SMILES string of the molecule is CC(=O)OC[C@H]1O[C@@H](SC2=N/C(=C/c3cccs3)C(=O)N2C)[C@H](OC(C)=O)[C@@H](OC(C)=O)[C@@H]1OC(C)=O. The number of aliphatic imine (C=N–C) groups is 1. The topological polar surface area (TPSA) is 147 Å². The molecule has 3 heterocycles. The van der Waals surface area contributed by atoms with Gasteiger partial charge in [-0.15, -0.1) is 11.3 Å². The Bertz CT molecular complexity index is 1120.